The molecule has 0 aromatic heterocycles. The number of hydrogen-bond acceptors (Lipinski definition) is 5. The Labute approximate surface area is 176 Å². The van der Waals surface area contributed by atoms with Crippen LogP contribution >= 0.6 is 0 Å². The van der Waals surface area contributed by atoms with Crippen LogP contribution in [-0.2, 0) is 4.74 Å². The second-order valence-electron chi connectivity index (χ2n) is 7.68. The van der Waals surface area contributed by atoms with E-state index >= 15 is 0 Å². The fraction of sp³-hybridized carbons (Fsp3) is 0.375. The number of morpholine rings is 1. The van der Waals surface area contributed by atoms with Gasteiger partial charge in [-0.2, -0.15) is 0 Å². The fourth-order valence-electron chi connectivity index (χ4n) is 4.25. The van der Waals surface area contributed by atoms with Gasteiger partial charge in [0.1, 0.15) is 11.6 Å². The molecular formula is C24H27FN2O3. The molecule has 0 N–H and O–H groups in total. The predicted molar refractivity (Wildman–Crippen MR) is 115 cm³/mol. The monoisotopic (exact) mass is 410 g/mol. The molecule has 1 fully saturated rings. The zero-order valence-electron chi connectivity index (χ0n) is 17.3. The number of ether oxygens (including phenoxy) is 2. The van der Waals surface area contributed by atoms with Crippen LogP contribution in [0.25, 0.3) is 0 Å². The second-order valence-corrected chi connectivity index (χ2v) is 7.68. The number of fused-ring (bicyclic) bond motifs is 1. The van der Waals surface area contributed by atoms with E-state index in [2.05, 4.69) is 16.4 Å². The molecule has 1 unspecified atom stereocenters. The highest BCUT2D eigenvalue weighted by atomic mass is 19.1. The molecule has 0 amide bonds. The van der Waals surface area contributed by atoms with Gasteiger partial charge in [0, 0.05) is 43.1 Å². The summed E-state index contributed by atoms with van der Waals surface area (Å²) < 4.78 is 24.6. The Morgan fingerprint density at radius 3 is 2.60 bits per heavy atom. The topological polar surface area (TPSA) is 42.0 Å². The van der Waals surface area contributed by atoms with Crippen molar-refractivity contribution in [2.24, 2.45) is 0 Å². The van der Waals surface area contributed by atoms with Crippen molar-refractivity contribution in [2.75, 3.05) is 51.4 Å². The summed E-state index contributed by atoms with van der Waals surface area (Å²) in [5, 5.41) is 0. The predicted octanol–water partition coefficient (Wildman–Crippen LogP) is 3.86. The largest absolute Gasteiger partial charge is 0.497 e. The number of carbonyl (C=O) groups excluding carboxylic acids is 1. The van der Waals surface area contributed by atoms with Crippen molar-refractivity contribution in [3.63, 3.8) is 0 Å². The number of benzene rings is 2. The van der Waals surface area contributed by atoms with Gasteiger partial charge in [0.05, 0.1) is 26.2 Å². The van der Waals surface area contributed by atoms with Gasteiger partial charge >= 0.3 is 0 Å². The highest BCUT2D eigenvalue weighted by Gasteiger charge is 2.37. The van der Waals surface area contributed by atoms with E-state index in [-0.39, 0.29) is 11.6 Å². The van der Waals surface area contributed by atoms with E-state index < -0.39 is 5.92 Å². The second kappa shape index (κ2) is 8.98. The van der Waals surface area contributed by atoms with Crippen LogP contribution in [0.1, 0.15) is 28.3 Å². The quantitative estimate of drug-likeness (QED) is 0.649. The standard InChI is InChI=1S/C24H27FN2O3/c1-17-23(24(28)18-4-7-20(29-2)8-5-18)21-16-19(25)6-9-22(21)27(17)11-3-10-26-12-14-30-15-13-26/h4-9,16,23H,1,3,10-15H2,2H3. The van der Waals surface area contributed by atoms with Gasteiger partial charge in [-0.05, 0) is 54.4 Å². The van der Waals surface area contributed by atoms with E-state index in [1.165, 1.54) is 12.1 Å². The zero-order valence-corrected chi connectivity index (χ0v) is 17.3. The van der Waals surface area contributed by atoms with Crippen LogP contribution < -0.4 is 9.64 Å². The molecule has 2 aromatic rings. The lowest BCUT2D eigenvalue weighted by atomic mass is 9.90. The third kappa shape index (κ3) is 4.11. The highest BCUT2D eigenvalue weighted by molar-refractivity contribution is 6.05. The highest BCUT2D eigenvalue weighted by Crippen LogP contribution is 2.44. The molecule has 6 heteroatoms. The first-order chi connectivity index (χ1) is 14.6. The number of nitrogens with zero attached hydrogens (tertiary/aromatic N) is 2. The maximum absolute atomic E-state index is 14.1. The Hall–Kier alpha value is -2.70. The molecule has 0 spiro atoms. The molecule has 158 valence electrons. The Kier molecular flexibility index (Phi) is 6.16. The van der Waals surface area contributed by atoms with Gasteiger partial charge in [-0.1, -0.05) is 6.58 Å². The first-order valence-electron chi connectivity index (χ1n) is 10.3. The molecule has 0 bridgehead atoms. The van der Waals surface area contributed by atoms with Crippen molar-refractivity contribution in [3.8, 4) is 5.75 Å². The summed E-state index contributed by atoms with van der Waals surface area (Å²) in [4.78, 5) is 17.8. The summed E-state index contributed by atoms with van der Waals surface area (Å²) in [7, 11) is 1.59. The Morgan fingerprint density at radius 1 is 1.17 bits per heavy atom. The van der Waals surface area contributed by atoms with Crippen molar-refractivity contribution in [3.05, 3.63) is 71.7 Å². The van der Waals surface area contributed by atoms with E-state index in [1.54, 1.807) is 37.4 Å². The smallest absolute Gasteiger partial charge is 0.176 e. The molecule has 1 saturated heterocycles. The molecule has 0 saturated carbocycles. The van der Waals surface area contributed by atoms with Gasteiger partial charge in [-0.3, -0.25) is 9.69 Å². The van der Waals surface area contributed by atoms with E-state index in [0.717, 1.165) is 51.5 Å². The third-order valence-electron chi connectivity index (χ3n) is 5.87. The van der Waals surface area contributed by atoms with Crippen molar-refractivity contribution in [1.82, 2.24) is 4.90 Å². The maximum Gasteiger partial charge on any atom is 0.176 e. The lowest BCUT2D eigenvalue weighted by Gasteiger charge is -2.28. The minimum atomic E-state index is -0.576. The molecule has 30 heavy (non-hydrogen) atoms. The van der Waals surface area contributed by atoms with Crippen LogP contribution in [-0.4, -0.2) is 57.2 Å². The normalized spacial score (nSPS) is 19.1. The van der Waals surface area contributed by atoms with Crippen molar-refractivity contribution in [1.29, 1.82) is 0 Å². The summed E-state index contributed by atoms with van der Waals surface area (Å²) in [6.45, 7) is 9.37. The number of allylic oxidation sites excluding steroid dienone is 1. The SMILES string of the molecule is C=C1C(C(=O)c2ccc(OC)cc2)c2cc(F)ccc2N1CCCN1CCOCC1. The van der Waals surface area contributed by atoms with Gasteiger partial charge in [-0.25, -0.2) is 4.39 Å². The van der Waals surface area contributed by atoms with Crippen molar-refractivity contribution < 1.29 is 18.7 Å². The molecule has 5 nitrogen and oxygen atoms in total. The summed E-state index contributed by atoms with van der Waals surface area (Å²) in [6, 6.07) is 11.7. The molecule has 1 atom stereocenters. The summed E-state index contributed by atoms with van der Waals surface area (Å²) >= 11 is 0. The molecule has 2 aliphatic heterocycles. The van der Waals surface area contributed by atoms with E-state index in [9.17, 15) is 9.18 Å². The van der Waals surface area contributed by atoms with Crippen LogP contribution in [0.2, 0.25) is 0 Å². The average molecular weight is 410 g/mol. The first-order valence-corrected chi connectivity index (χ1v) is 10.3. The van der Waals surface area contributed by atoms with Crippen LogP contribution in [0.4, 0.5) is 10.1 Å². The van der Waals surface area contributed by atoms with Gasteiger partial charge in [0.25, 0.3) is 0 Å². The average Bonchev–Trinajstić information content (AvgIpc) is 3.04. The summed E-state index contributed by atoms with van der Waals surface area (Å²) in [6.07, 6.45) is 0.930. The van der Waals surface area contributed by atoms with Gasteiger partial charge < -0.3 is 14.4 Å². The molecule has 0 aliphatic carbocycles. The minimum Gasteiger partial charge on any atom is -0.497 e. The summed E-state index contributed by atoms with van der Waals surface area (Å²) in [5.41, 5.74) is 2.83. The lowest BCUT2D eigenvalue weighted by Crippen LogP contribution is -2.38. The first kappa shape index (κ1) is 20.6. The Morgan fingerprint density at radius 2 is 1.90 bits per heavy atom. The van der Waals surface area contributed by atoms with Gasteiger partial charge in [0.2, 0.25) is 0 Å². The van der Waals surface area contributed by atoms with Crippen molar-refractivity contribution >= 4 is 11.5 Å². The van der Waals surface area contributed by atoms with Crippen LogP contribution in [0.3, 0.4) is 0 Å². The molecule has 2 aromatic carbocycles. The number of rotatable bonds is 7. The Bertz CT molecular complexity index is 923. The van der Waals surface area contributed by atoms with Gasteiger partial charge in [0.15, 0.2) is 5.78 Å². The fourth-order valence-corrected chi connectivity index (χ4v) is 4.25. The number of anilines is 1. The Balaban J connectivity index is 1.53. The number of carbonyl (C=O) groups is 1. The zero-order chi connectivity index (χ0) is 21.1. The van der Waals surface area contributed by atoms with Crippen LogP contribution in [0, 0.1) is 5.82 Å². The molecule has 2 aliphatic rings. The third-order valence-corrected chi connectivity index (χ3v) is 5.87. The number of Topliss-reactive ketones (excluding diaryl/α,β-unsaturated/α-hetero) is 1. The van der Waals surface area contributed by atoms with E-state index in [0.29, 0.717) is 22.6 Å². The van der Waals surface area contributed by atoms with E-state index in [4.69, 9.17) is 9.47 Å². The lowest BCUT2D eigenvalue weighted by molar-refractivity contribution is 0.0377. The number of halogens is 1. The molecular weight excluding hydrogens is 383 g/mol. The number of methoxy groups -OCH3 is 1. The maximum atomic E-state index is 14.1. The number of hydrogen-bond donors (Lipinski definition) is 0. The van der Waals surface area contributed by atoms with Crippen LogP contribution in [0.15, 0.2) is 54.7 Å². The van der Waals surface area contributed by atoms with Gasteiger partial charge in [-0.15, -0.1) is 0 Å². The summed E-state index contributed by atoms with van der Waals surface area (Å²) in [5.74, 6) is -0.310. The minimum absolute atomic E-state index is 0.0785. The molecule has 0 radical (unpaired) electrons. The molecule has 4 rings (SSSR count). The van der Waals surface area contributed by atoms with Crippen molar-refractivity contribution in [2.45, 2.75) is 12.3 Å². The molecule has 2 heterocycles. The van der Waals surface area contributed by atoms with E-state index in [1.807, 2.05) is 0 Å². The number of ketones is 1. The van der Waals surface area contributed by atoms with Crippen LogP contribution in [0.5, 0.6) is 5.75 Å².